The van der Waals surface area contributed by atoms with Gasteiger partial charge in [-0.25, -0.2) is 0 Å². The lowest BCUT2D eigenvalue weighted by Gasteiger charge is -2.09. The fourth-order valence-corrected chi connectivity index (χ4v) is 1.22. The van der Waals surface area contributed by atoms with Crippen molar-refractivity contribution in [2.24, 2.45) is 0 Å². The SMILES string of the molecule is O=C(O)CCOCCOc1ccc(C(F)(F)F)cc1. The lowest BCUT2D eigenvalue weighted by molar-refractivity contribution is -0.139. The molecule has 0 bridgehead atoms. The van der Waals surface area contributed by atoms with Gasteiger partial charge in [-0.3, -0.25) is 4.79 Å². The Morgan fingerprint density at radius 3 is 2.26 bits per heavy atom. The van der Waals surface area contributed by atoms with E-state index in [-0.39, 0.29) is 26.2 Å². The van der Waals surface area contributed by atoms with Crippen molar-refractivity contribution < 1.29 is 32.5 Å². The number of benzene rings is 1. The summed E-state index contributed by atoms with van der Waals surface area (Å²) in [5, 5.41) is 8.34. The van der Waals surface area contributed by atoms with Crippen molar-refractivity contribution in [2.45, 2.75) is 12.6 Å². The largest absolute Gasteiger partial charge is 0.491 e. The van der Waals surface area contributed by atoms with Gasteiger partial charge in [0.25, 0.3) is 0 Å². The van der Waals surface area contributed by atoms with Gasteiger partial charge in [-0.05, 0) is 24.3 Å². The van der Waals surface area contributed by atoms with E-state index in [4.69, 9.17) is 14.6 Å². The van der Waals surface area contributed by atoms with E-state index in [9.17, 15) is 18.0 Å². The zero-order valence-electron chi connectivity index (χ0n) is 9.94. The Hall–Kier alpha value is -1.76. The van der Waals surface area contributed by atoms with Crippen molar-refractivity contribution in [2.75, 3.05) is 19.8 Å². The number of aliphatic carboxylic acids is 1. The topological polar surface area (TPSA) is 55.8 Å². The molecule has 7 heteroatoms. The minimum atomic E-state index is -4.36. The fraction of sp³-hybridized carbons (Fsp3) is 0.417. The first-order chi connectivity index (χ1) is 8.89. The van der Waals surface area contributed by atoms with Crippen LogP contribution < -0.4 is 4.74 Å². The lowest BCUT2D eigenvalue weighted by Crippen LogP contribution is -2.10. The van der Waals surface area contributed by atoms with Crippen molar-refractivity contribution in [1.82, 2.24) is 0 Å². The van der Waals surface area contributed by atoms with Crippen molar-refractivity contribution in [3.63, 3.8) is 0 Å². The molecule has 0 fully saturated rings. The summed E-state index contributed by atoms with van der Waals surface area (Å²) in [5.74, 6) is -0.654. The highest BCUT2D eigenvalue weighted by Gasteiger charge is 2.29. The van der Waals surface area contributed by atoms with Gasteiger partial charge < -0.3 is 14.6 Å². The van der Waals surface area contributed by atoms with Crippen LogP contribution in [-0.2, 0) is 15.7 Å². The van der Waals surface area contributed by atoms with Gasteiger partial charge in [0.15, 0.2) is 0 Å². The Kier molecular flexibility index (Phi) is 5.62. The minimum absolute atomic E-state index is 0.0751. The summed E-state index contributed by atoms with van der Waals surface area (Å²) in [6.07, 6.45) is -4.46. The molecule has 0 saturated carbocycles. The summed E-state index contributed by atoms with van der Waals surface area (Å²) < 4.78 is 46.9. The van der Waals surface area contributed by atoms with E-state index in [2.05, 4.69) is 0 Å². The predicted octanol–water partition coefficient (Wildman–Crippen LogP) is 2.58. The van der Waals surface area contributed by atoms with Gasteiger partial charge in [0.05, 0.1) is 25.2 Å². The number of hydrogen-bond donors (Lipinski definition) is 1. The average molecular weight is 278 g/mol. The molecule has 0 aliphatic heterocycles. The number of carboxylic acids is 1. The first-order valence-corrected chi connectivity index (χ1v) is 5.49. The number of carbonyl (C=O) groups is 1. The monoisotopic (exact) mass is 278 g/mol. The molecule has 1 N–H and O–H groups in total. The molecule has 0 aromatic heterocycles. The zero-order valence-corrected chi connectivity index (χ0v) is 9.94. The van der Waals surface area contributed by atoms with Gasteiger partial charge >= 0.3 is 12.1 Å². The third kappa shape index (κ3) is 6.10. The Balaban J connectivity index is 2.25. The molecular weight excluding hydrogens is 265 g/mol. The maximum absolute atomic E-state index is 12.3. The molecule has 0 heterocycles. The molecular formula is C12H13F3O4. The molecule has 0 radical (unpaired) electrons. The van der Waals surface area contributed by atoms with Crippen LogP contribution in [0, 0.1) is 0 Å². The van der Waals surface area contributed by atoms with Crippen LogP contribution in [0.15, 0.2) is 24.3 Å². The summed E-state index contributed by atoms with van der Waals surface area (Å²) in [4.78, 5) is 10.2. The van der Waals surface area contributed by atoms with Gasteiger partial charge in [0.1, 0.15) is 12.4 Å². The molecule has 0 atom stereocenters. The third-order valence-corrected chi connectivity index (χ3v) is 2.14. The van der Waals surface area contributed by atoms with E-state index in [1.165, 1.54) is 12.1 Å². The summed E-state index contributed by atoms with van der Waals surface area (Å²) in [7, 11) is 0. The third-order valence-electron chi connectivity index (χ3n) is 2.14. The molecule has 1 aromatic rings. The molecule has 1 aromatic carbocycles. The normalized spacial score (nSPS) is 11.3. The quantitative estimate of drug-likeness (QED) is 0.779. The van der Waals surface area contributed by atoms with Gasteiger partial charge in [0, 0.05) is 0 Å². The standard InChI is InChI=1S/C12H13F3O4/c13-12(14,15)9-1-3-10(4-2-9)19-8-7-18-6-5-11(16)17/h1-4H,5-8H2,(H,16,17). The Morgan fingerprint density at radius 2 is 1.74 bits per heavy atom. The van der Waals surface area contributed by atoms with Gasteiger partial charge in [-0.15, -0.1) is 0 Å². The van der Waals surface area contributed by atoms with Crippen LogP contribution in [0.5, 0.6) is 5.75 Å². The summed E-state index contributed by atoms with van der Waals surface area (Å²) in [6, 6.07) is 4.31. The summed E-state index contributed by atoms with van der Waals surface area (Å²) in [5.41, 5.74) is -0.738. The van der Waals surface area contributed by atoms with Crippen molar-refractivity contribution in [1.29, 1.82) is 0 Å². The highest BCUT2D eigenvalue weighted by atomic mass is 19.4. The second-order valence-electron chi connectivity index (χ2n) is 3.63. The first kappa shape index (κ1) is 15.3. The molecule has 0 spiro atoms. The zero-order chi connectivity index (χ0) is 14.3. The number of ether oxygens (including phenoxy) is 2. The number of halogens is 3. The van der Waals surface area contributed by atoms with E-state index in [1.54, 1.807) is 0 Å². The molecule has 0 amide bonds. The highest BCUT2D eigenvalue weighted by molar-refractivity contribution is 5.66. The fourth-order valence-electron chi connectivity index (χ4n) is 1.22. The summed E-state index contributed by atoms with van der Waals surface area (Å²) >= 11 is 0. The molecule has 4 nitrogen and oxygen atoms in total. The molecule has 1 rings (SSSR count). The first-order valence-electron chi connectivity index (χ1n) is 5.49. The van der Waals surface area contributed by atoms with Crippen LogP contribution in [0.25, 0.3) is 0 Å². The summed E-state index contributed by atoms with van der Waals surface area (Å²) in [6.45, 7) is 0.394. The van der Waals surface area contributed by atoms with Crippen molar-refractivity contribution in [3.05, 3.63) is 29.8 Å². The predicted molar refractivity (Wildman–Crippen MR) is 60.0 cm³/mol. The maximum Gasteiger partial charge on any atom is 0.416 e. The average Bonchev–Trinajstić information content (AvgIpc) is 2.32. The number of alkyl halides is 3. The maximum atomic E-state index is 12.3. The molecule has 19 heavy (non-hydrogen) atoms. The number of hydrogen-bond acceptors (Lipinski definition) is 3. The molecule has 0 aliphatic carbocycles. The van der Waals surface area contributed by atoms with Crippen LogP contribution in [0.3, 0.4) is 0 Å². The Labute approximate surface area is 107 Å². The Bertz CT molecular complexity index is 400. The van der Waals surface area contributed by atoms with E-state index in [1.807, 2.05) is 0 Å². The van der Waals surface area contributed by atoms with Gasteiger partial charge in [-0.2, -0.15) is 13.2 Å². The van der Waals surface area contributed by atoms with Gasteiger partial charge in [-0.1, -0.05) is 0 Å². The number of rotatable bonds is 7. The van der Waals surface area contributed by atoms with Crippen LogP contribution in [0.1, 0.15) is 12.0 Å². The van der Waals surface area contributed by atoms with Crippen molar-refractivity contribution >= 4 is 5.97 Å². The second kappa shape index (κ2) is 6.98. The lowest BCUT2D eigenvalue weighted by atomic mass is 10.2. The van der Waals surface area contributed by atoms with Gasteiger partial charge in [0.2, 0.25) is 0 Å². The molecule has 0 aliphatic rings. The minimum Gasteiger partial charge on any atom is -0.491 e. The van der Waals surface area contributed by atoms with Crippen LogP contribution in [0.4, 0.5) is 13.2 Å². The van der Waals surface area contributed by atoms with E-state index in [0.29, 0.717) is 5.75 Å². The Morgan fingerprint density at radius 1 is 1.11 bits per heavy atom. The smallest absolute Gasteiger partial charge is 0.416 e. The number of carboxylic acid groups (broad SMARTS) is 1. The van der Waals surface area contributed by atoms with Crippen molar-refractivity contribution in [3.8, 4) is 5.75 Å². The molecule has 106 valence electrons. The molecule has 0 unspecified atom stereocenters. The van der Waals surface area contributed by atoms with Crippen LogP contribution in [-0.4, -0.2) is 30.9 Å². The van der Waals surface area contributed by atoms with Crippen LogP contribution >= 0.6 is 0 Å². The highest BCUT2D eigenvalue weighted by Crippen LogP contribution is 2.30. The molecule has 0 saturated heterocycles. The second-order valence-corrected chi connectivity index (χ2v) is 3.63. The van der Waals surface area contributed by atoms with E-state index >= 15 is 0 Å². The van der Waals surface area contributed by atoms with E-state index < -0.39 is 17.7 Å². The van der Waals surface area contributed by atoms with Crippen LogP contribution in [0.2, 0.25) is 0 Å². The van der Waals surface area contributed by atoms with E-state index in [0.717, 1.165) is 12.1 Å².